The van der Waals surface area contributed by atoms with Gasteiger partial charge in [-0.3, -0.25) is 14.4 Å². The molecule has 2 fully saturated rings. The van der Waals surface area contributed by atoms with Crippen molar-refractivity contribution in [2.24, 2.45) is 0 Å². The maximum Gasteiger partial charge on any atom is 0.315 e. The number of benzene rings is 1. The maximum absolute atomic E-state index is 12.1. The molecule has 6 N–H and O–H groups in total. The van der Waals surface area contributed by atoms with Crippen molar-refractivity contribution < 1.29 is 47.6 Å². The number of unbranched alkanes of at least 4 members (excludes halogenated alkanes) is 1. The zero-order valence-electron chi connectivity index (χ0n) is 28.8. The van der Waals surface area contributed by atoms with Crippen LogP contribution in [0.15, 0.2) is 12.1 Å². The summed E-state index contributed by atoms with van der Waals surface area (Å²) in [7, 11) is 1.51. The average molecular weight is 712 g/mol. The standard InChI is InChI=1S/C33H53N5O10S/c1-22(48-23(2)39)24-19-27(43-3)28(20-25(24)34)47-12-6-9-31(41)36-11-14-45-16-18-46-17-15-44-13-10-35-30(40)8-5-4-7-29-32-26(21-49-29)37-33(42)38-32/h19-20,22,26,29,32H,4-18,21,34H2,1-3H3,(H,35,40)(H,36,41)(H2,37,38,42). The Balaban J connectivity index is 1.07. The van der Waals surface area contributed by atoms with Gasteiger partial charge in [0.15, 0.2) is 11.5 Å². The van der Waals surface area contributed by atoms with E-state index in [1.165, 1.54) is 14.0 Å². The third-order valence-electron chi connectivity index (χ3n) is 7.92. The largest absolute Gasteiger partial charge is 0.493 e. The first-order valence-corrected chi connectivity index (χ1v) is 18.0. The highest BCUT2D eigenvalue weighted by Gasteiger charge is 2.42. The number of thioether (sulfide) groups is 1. The van der Waals surface area contributed by atoms with Gasteiger partial charge >= 0.3 is 12.0 Å². The SMILES string of the molecule is COc1cc(C(C)OC(C)=O)c(N)cc1OCCCC(=O)NCCOCCOCCOCCNC(=O)CCCCC1SCC2NC(=O)NC21. The molecule has 4 unspecified atom stereocenters. The minimum atomic E-state index is -0.529. The van der Waals surface area contributed by atoms with E-state index in [1.54, 1.807) is 19.1 Å². The van der Waals surface area contributed by atoms with Gasteiger partial charge in [0.05, 0.1) is 65.4 Å². The first-order valence-electron chi connectivity index (χ1n) is 16.9. The molecule has 49 heavy (non-hydrogen) atoms. The van der Waals surface area contributed by atoms with Crippen molar-refractivity contribution in [3.05, 3.63) is 17.7 Å². The fourth-order valence-electron chi connectivity index (χ4n) is 5.46. The van der Waals surface area contributed by atoms with E-state index in [0.717, 1.165) is 25.0 Å². The molecule has 2 heterocycles. The van der Waals surface area contributed by atoms with Gasteiger partial charge in [0, 0.05) is 61.2 Å². The molecule has 0 radical (unpaired) electrons. The normalized spacial score (nSPS) is 18.6. The van der Waals surface area contributed by atoms with E-state index in [9.17, 15) is 19.2 Å². The van der Waals surface area contributed by atoms with E-state index in [2.05, 4.69) is 21.3 Å². The van der Waals surface area contributed by atoms with Crippen LogP contribution in [0, 0.1) is 0 Å². The second kappa shape index (κ2) is 22.3. The van der Waals surface area contributed by atoms with Gasteiger partial charge in [0.2, 0.25) is 11.8 Å². The zero-order chi connectivity index (χ0) is 35.4. The van der Waals surface area contributed by atoms with Crippen molar-refractivity contribution in [2.45, 2.75) is 75.8 Å². The molecule has 15 nitrogen and oxygen atoms in total. The summed E-state index contributed by atoms with van der Waals surface area (Å²) in [6, 6.07) is 3.68. The number of carbonyl (C=O) groups excluding carboxylic acids is 4. The van der Waals surface area contributed by atoms with Crippen LogP contribution in [0.5, 0.6) is 11.5 Å². The van der Waals surface area contributed by atoms with Crippen LogP contribution in [0.1, 0.15) is 64.0 Å². The topological polar surface area (TPSA) is 198 Å². The molecule has 3 rings (SSSR count). The first-order chi connectivity index (χ1) is 23.7. The highest BCUT2D eigenvalue weighted by molar-refractivity contribution is 8.00. The van der Waals surface area contributed by atoms with Gasteiger partial charge in [0.1, 0.15) is 6.10 Å². The molecule has 2 aliphatic heterocycles. The lowest BCUT2D eigenvalue weighted by Gasteiger charge is -2.18. The summed E-state index contributed by atoms with van der Waals surface area (Å²) in [6.45, 7) is 6.62. The Hall–Kier alpha value is -3.47. The van der Waals surface area contributed by atoms with Gasteiger partial charge in [-0.2, -0.15) is 11.8 Å². The number of anilines is 1. The molecule has 4 atom stereocenters. The Kier molecular flexibility index (Phi) is 18.2. The van der Waals surface area contributed by atoms with E-state index in [1.807, 2.05) is 11.8 Å². The van der Waals surface area contributed by atoms with Crippen molar-refractivity contribution in [3.63, 3.8) is 0 Å². The Morgan fingerprint density at radius 2 is 1.53 bits per heavy atom. The number of rotatable bonds is 25. The van der Waals surface area contributed by atoms with Gasteiger partial charge in [-0.25, -0.2) is 4.79 Å². The molecule has 0 saturated carbocycles. The van der Waals surface area contributed by atoms with E-state index in [-0.39, 0.29) is 43.0 Å². The zero-order valence-corrected chi connectivity index (χ0v) is 29.7. The molecule has 2 aliphatic rings. The molecule has 0 aliphatic carbocycles. The highest BCUT2D eigenvalue weighted by Crippen LogP contribution is 2.36. The van der Waals surface area contributed by atoms with Crippen molar-refractivity contribution in [2.75, 3.05) is 77.9 Å². The van der Waals surface area contributed by atoms with Crippen LogP contribution >= 0.6 is 11.8 Å². The van der Waals surface area contributed by atoms with E-state index in [4.69, 9.17) is 34.2 Å². The molecule has 0 aromatic heterocycles. The molecule has 0 spiro atoms. The van der Waals surface area contributed by atoms with Gasteiger partial charge in [0.25, 0.3) is 0 Å². The Labute approximate surface area is 292 Å². The molecule has 2 saturated heterocycles. The van der Waals surface area contributed by atoms with Crippen LogP contribution in [0.2, 0.25) is 0 Å². The Bertz CT molecular complexity index is 1210. The number of hydrogen-bond donors (Lipinski definition) is 5. The summed E-state index contributed by atoms with van der Waals surface area (Å²) in [5, 5.41) is 12.0. The van der Waals surface area contributed by atoms with Crippen molar-refractivity contribution >= 4 is 41.3 Å². The number of fused-ring (bicyclic) bond motifs is 1. The number of carbonyl (C=O) groups is 4. The maximum atomic E-state index is 12.1. The summed E-state index contributed by atoms with van der Waals surface area (Å²) in [4.78, 5) is 46.9. The number of nitrogen functional groups attached to an aromatic ring is 1. The van der Waals surface area contributed by atoms with Crippen LogP contribution in [0.4, 0.5) is 10.5 Å². The summed E-state index contributed by atoms with van der Waals surface area (Å²) >= 11 is 1.89. The second-order valence-corrected chi connectivity index (χ2v) is 13.0. The molecule has 4 amide bonds. The smallest absolute Gasteiger partial charge is 0.315 e. The lowest BCUT2D eigenvalue weighted by atomic mass is 10.0. The predicted octanol–water partition coefficient (Wildman–Crippen LogP) is 2.07. The number of nitrogens with one attached hydrogen (secondary N) is 4. The lowest BCUT2D eigenvalue weighted by Crippen LogP contribution is -2.36. The van der Waals surface area contributed by atoms with Crippen LogP contribution < -0.4 is 36.5 Å². The molecule has 276 valence electrons. The number of amides is 4. The molecule has 16 heteroatoms. The molecule has 1 aromatic carbocycles. The molecular weight excluding hydrogens is 658 g/mol. The van der Waals surface area contributed by atoms with Gasteiger partial charge < -0.3 is 55.4 Å². The lowest BCUT2D eigenvalue weighted by molar-refractivity contribution is -0.145. The molecule has 0 bridgehead atoms. The average Bonchev–Trinajstić information content (AvgIpc) is 3.62. The number of methoxy groups -OCH3 is 1. The highest BCUT2D eigenvalue weighted by atomic mass is 32.2. The number of hydrogen-bond acceptors (Lipinski definition) is 12. The Morgan fingerprint density at radius 1 is 0.898 bits per heavy atom. The number of nitrogens with two attached hydrogens (primary N) is 1. The summed E-state index contributed by atoms with van der Waals surface area (Å²) in [5.74, 6) is 1.36. The van der Waals surface area contributed by atoms with Crippen molar-refractivity contribution in [1.29, 1.82) is 0 Å². The first kappa shape index (κ1) is 40.0. The van der Waals surface area contributed by atoms with E-state index >= 15 is 0 Å². The van der Waals surface area contributed by atoms with Crippen molar-refractivity contribution in [3.8, 4) is 11.5 Å². The van der Waals surface area contributed by atoms with E-state index < -0.39 is 12.1 Å². The quantitative estimate of drug-likeness (QED) is 0.0429. The summed E-state index contributed by atoms with van der Waals surface area (Å²) < 4.78 is 32.8. The van der Waals surface area contributed by atoms with Gasteiger partial charge in [-0.15, -0.1) is 0 Å². The fourth-order valence-corrected chi connectivity index (χ4v) is 7.00. The molecule has 1 aromatic rings. The summed E-state index contributed by atoms with van der Waals surface area (Å²) in [6.07, 6.45) is 3.52. The minimum absolute atomic E-state index is 0.0224. The van der Waals surface area contributed by atoms with Crippen LogP contribution in [0.25, 0.3) is 0 Å². The predicted molar refractivity (Wildman–Crippen MR) is 185 cm³/mol. The summed E-state index contributed by atoms with van der Waals surface area (Å²) in [5.41, 5.74) is 7.15. The minimum Gasteiger partial charge on any atom is -0.493 e. The Morgan fingerprint density at radius 3 is 2.16 bits per heavy atom. The number of esters is 1. The van der Waals surface area contributed by atoms with Gasteiger partial charge in [-0.1, -0.05) is 6.42 Å². The number of urea groups is 1. The fraction of sp³-hybridized carbons (Fsp3) is 0.697. The van der Waals surface area contributed by atoms with Gasteiger partial charge in [-0.05, 0) is 32.3 Å². The van der Waals surface area contributed by atoms with E-state index in [0.29, 0.717) is 93.6 Å². The van der Waals surface area contributed by atoms with Crippen LogP contribution in [-0.4, -0.2) is 113 Å². The number of ether oxygens (including phenoxy) is 6. The third-order valence-corrected chi connectivity index (χ3v) is 9.43. The van der Waals surface area contributed by atoms with Crippen molar-refractivity contribution in [1.82, 2.24) is 21.3 Å². The van der Waals surface area contributed by atoms with Crippen LogP contribution in [0.3, 0.4) is 0 Å². The monoisotopic (exact) mass is 711 g/mol. The molecular formula is C33H53N5O10S. The van der Waals surface area contributed by atoms with Crippen LogP contribution in [-0.2, 0) is 33.3 Å². The second-order valence-electron chi connectivity index (χ2n) is 11.7. The third kappa shape index (κ3) is 14.9.